The Morgan fingerprint density at radius 3 is 1.15 bits per heavy atom. The number of anilines is 2. The lowest BCUT2D eigenvalue weighted by Crippen LogP contribution is -2.18. The summed E-state index contributed by atoms with van der Waals surface area (Å²) in [6.45, 7) is 27.2. The summed E-state index contributed by atoms with van der Waals surface area (Å²) >= 11 is 1.70. The second-order valence-electron chi connectivity index (χ2n) is 16.9. The van der Waals surface area contributed by atoms with E-state index in [1.807, 2.05) is 12.1 Å². The number of aromatic hydroxyl groups is 2. The molecule has 0 fully saturated rings. The minimum absolute atomic E-state index is 0.0356. The average molecular weight is 653 g/mol. The van der Waals surface area contributed by atoms with E-state index in [2.05, 4.69) is 154 Å². The molecule has 0 bridgehead atoms. The third kappa shape index (κ3) is 8.87. The smallest absolute Gasteiger partial charge is 0.124 e. The molecule has 0 aliphatic heterocycles. The summed E-state index contributed by atoms with van der Waals surface area (Å²) in [5.41, 5.74) is 7.77. The fourth-order valence-corrected chi connectivity index (χ4v) is 6.60. The largest absolute Gasteiger partial charge is 0.507 e. The number of hydrogen-bond acceptors (Lipinski definition) is 5. The lowest BCUT2D eigenvalue weighted by molar-refractivity contribution is 0.438. The molecule has 0 aliphatic carbocycles. The minimum Gasteiger partial charge on any atom is -0.507 e. The quantitative estimate of drug-likeness (QED) is 0.153. The molecule has 4 aromatic rings. The van der Waals surface area contributed by atoms with Gasteiger partial charge in [0.05, 0.1) is 0 Å². The first-order valence-corrected chi connectivity index (χ1v) is 17.6. The van der Waals surface area contributed by atoms with Gasteiger partial charge in [-0.1, -0.05) is 131 Å². The Morgan fingerprint density at radius 2 is 0.830 bits per heavy atom. The minimum atomic E-state index is -0.177. The molecule has 4 rings (SSSR count). The third-order valence-electron chi connectivity index (χ3n) is 8.66. The predicted molar refractivity (Wildman–Crippen MR) is 203 cm³/mol. The van der Waals surface area contributed by atoms with Crippen LogP contribution in [0.3, 0.4) is 0 Å². The summed E-state index contributed by atoms with van der Waals surface area (Å²) in [6, 6.07) is 25.3. The Balaban J connectivity index is 1.61. The van der Waals surface area contributed by atoms with Crippen molar-refractivity contribution in [3.63, 3.8) is 0 Å². The molecular formula is C42H56N2O2S. The van der Waals surface area contributed by atoms with Crippen LogP contribution in [-0.2, 0) is 34.7 Å². The first-order valence-electron chi connectivity index (χ1n) is 16.7. The monoisotopic (exact) mass is 652 g/mol. The van der Waals surface area contributed by atoms with Gasteiger partial charge in [0.25, 0.3) is 0 Å². The number of rotatable bonds is 8. The van der Waals surface area contributed by atoms with Gasteiger partial charge in [-0.3, -0.25) is 0 Å². The van der Waals surface area contributed by atoms with Crippen LogP contribution >= 0.6 is 11.8 Å². The SMILES string of the molecule is CC(C)(C)c1cc(CNc2ccccc2Sc2ccccc2NCc2cc(C(C)(C)C)cc(C(C)(C)C)c2O)c(O)c(C(C)(C)C)c1. The van der Waals surface area contributed by atoms with Crippen LogP contribution in [0.25, 0.3) is 0 Å². The molecule has 0 saturated heterocycles. The van der Waals surface area contributed by atoms with Crippen LogP contribution in [0.5, 0.6) is 11.5 Å². The molecule has 4 N–H and O–H groups in total. The van der Waals surface area contributed by atoms with E-state index in [9.17, 15) is 10.2 Å². The van der Waals surface area contributed by atoms with Crippen molar-refractivity contribution >= 4 is 23.1 Å². The number of phenols is 2. The number of hydrogen-bond donors (Lipinski definition) is 4. The maximum atomic E-state index is 11.4. The molecule has 0 aliphatic rings. The highest BCUT2D eigenvalue weighted by atomic mass is 32.2. The third-order valence-corrected chi connectivity index (χ3v) is 9.81. The fourth-order valence-electron chi connectivity index (χ4n) is 5.57. The molecule has 0 saturated carbocycles. The maximum absolute atomic E-state index is 11.4. The summed E-state index contributed by atoms with van der Waals surface area (Å²) in [4.78, 5) is 2.19. The number of para-hydroxylation sites is 2. The summed E-state index contributed by atoms with van der Waals surface area (Å²) in [5.74, 6) is 0.733. The number of nitrogens with one attached hydrogen (secondary N) is 2. The summed E-state index contributed by atoms with van der Waals surface area (Å²) in [7, 11) is 0. The first-order chi connectivity index (χ1) is 21.7. The van der Waals surface area contributed by atoms with Crippen molar-refractivity contribution in [1.82, 2.24) is 0 Å². The molecule has 0 unspecified atom stereocenters. The highest BCUT2D eigenvalue weighted by Crippen LogP contribution is 2.42. The van der Waals surface area contributed by atoms with E-state index in [4.69, 9.17) is 0 Å². The molecule has 0 heterocycles. The molecular weight excluding hydrogens is 597 g/mol. The fraction of sp³-hybridized carbons (Fsp3) is 0.429. The predicted octanol–water partition coefficient (Wildman–Crippen LogP) is 11.7. The number of phenolic OH excluding ortho intramolecular Hbond substituents is 2. The second kappa shape index (κ2) is 13.5. The normalized spacial score (nSPS) is 12.7. The van der Waals surface area contributed by atoms with Gasteiger partial charge in [0.15, 0.2) is 0 Å². The summed E-state index contributed by atoms with van der Waals surface area (Å²) in [5, 5.41) is 30.0. The zero-order valence-corrected chi connectivity index (χ0v) is 31.5. The van der Waals surface area contributed by atoms with Crippen molar-refractivity contribution in [2.24, 2.45) is 0 Å². The van der Waals surface area contributed by atoms with Crippen molar-refractivity contribution in [2.45, 2.75) is 128 Å². The van der Waals surface area contributed by atoms with E-state index in [0.29, 0.717) is 24.6 Å². The van der Waals surface area contributed by atoms with Gasteiger partial charge in [-0.15, -0.1) is 0 Å². The van der Waals surface area contributed by atoms with E-state index in [-0.39, 0.29) is 21.7 Å². The van der Waals surface area contributed by atoms with Gasteiger partial charge in [-0.05, 0) is 80.3 Å². The van der Waals surface area contributed by atoms with Gasteiger partial charge < -0.3 is 20.8 Å². The van der Waals surface area contributed by atoms with Crippen molar-refractivity contribution in [1.29, 1.82) is 0 Å². The van der Waals surface area contributed by atoms with Crippen molar-refractivity contribution in [3.05, 3.63) is 106 Å². The second-order valence-corrected chi connectivity index (χ2v) is 17.9. The lowest BCUT2D eigenvalue weighted by Gasteiger charge is -2.28. The highest BCUT2D eigenvalue weighted by molar-refractivity contribution is 7.99. The van der Waals surface area contributed by atoms with Gasteiger partial charge in [-0.2, -0.15) is 0 Å². The van der Waals surface area contributed by atoms with Gasteiger partial charge in [0.1, 0.15) is 11.5 Å². The standard InChI is InChI=1S/C42H56N2O2S/c1-39(2,3)29-21-27(37(45)31(23-29)41(7,8)9)25-43-33-17-13-15-19-35(33)47-36-20-16-14-18-34(36)44-26-28-22-30(40(4,5)6)24-32(38(28)46)42(10,11)12/h13-24,43-46H,25-26H2,1-12H3. The molecule has 0 aromatic heterocycles. The molecule has 0 amide bonds. The topological polar surface area (TPSA) is 64.5 Å². The van der Waals surface area contributed by atoms with Crippen molar-refractivity contribution < 1.29 is 10.2 Å². The van der Waals surface area contributed by atoms with Crippen LogP contribution in [0.15, 0.2) is 82.6 Å². The van der Waals surface area contributed by atoms with Crippen LogP contribution < -0.4 is 10.6 Å². The van der Waals surface area contributed by atoms with E-state index < -0.39 is 0 Å². The Kier molecular flexibility index (Phi) is 10.4. The molecule has 0 radical (unpaired) electrons. The van der Waals surface area contributed by atoms with E-state index >= 15 is 0 Å². The molecule has 47 heavy (non-hydrogen) atoms. The van der Waals surface area contributed by atoms with Gasteiger partial charge in [0.2, 0.25) is 0 Å². The number of benzene rings is 4. The van der Waals surface area contributed by atoms with E-state index in [0.717, 1.165) is 43.4 Å². The molecule has 0 atom stereocenters. The zero-order chi connectivity index (χ0) is 34.9. The van der Waals surface area contributed by atoms with Crippen LogP contribution in [-0.4, -0.2) is 10.2 Å². The molecule has 4 nitrogen and oxygen atoms in total. The average Bonchev–Trinajstić information content (AvgIpc) is 2.95. The summed E-state index contributed by atoms with van der Waals surface area (Å²) < 4.78 is 0. The Morgan fingerprint density at radius 1 is 0.489 bits per heavy atom. The van der Waals surface area contributed by atoms with Gasteiger partial charge in [-0.25, -0.2) is 0 Å². The Labute approximate surface area is 288 Å². The van der Waals surface area contributed by atoms with Gasteiger partial charge >= 0.3 is 0 Å². The molecule has 4 aromatic carbocycles. The molecule has 5 heteroatoms. The maximum Gasteiger partial charge on any atom is 0.124 e. The van der Waals surface area contributed by atoms with Crippen LogP contribution in [0, 0.1) is 0 Å². The molecule has 0 spiro atoms. The van der Waals surface area contributed by atoms with Crippen molar-refractivity contribution in [3.8, 4) is 11.5 Å². The zero-order valence-electron chi connectivity index (χ0n) is 30.6. The van der Waals surface area contributed by atoms with Gasteiger partial charge in [0, 0.05) is 45.4 Å². The summed E-state index contributed by atoms with van der Waals surface area (Å²) in [6.07, 6.45) is 0. The Bertz CT molecular complexity index is 1590. The van der Waals surface area contributed by atoms with Crippen LogP contribution in [0.1, 0.15) is 116 Å². The van der Waals surface area contributed by atoms with Crippen LogP contribution in [0.2, 0.25) is 0 Å². The van der Waals surface area contributed by atoms with Crippen LogP contribution in [0.4, 0.5) is 11.4 Å². The van der Waals surface area contributed by atoms with E-state index in [1.54, 1.807) is 11.8 Å². The van der Waals surface area contributed by atoms with E-state index in [1.165, 1.54) is 11.1 Å². The first kappa shape index (κ1) is 36.3. The Hall–Kier alpha value is -3.57. The van der Waals surface area contributed by atoms with Crippen molar-refractivity contribution in [2.75, 3.05) is 10.6 Å². The highest BCUT2D eigenvalue weighted by Gasteiger charge is 2.26. The molecule has 252 valence electrons. The lowest BCUT2D eigenvalue weighted by atomic mass is 9.79.